The summed E-state index contributed by atoms with van der Waals surface area (Å²) in [7, 11) is 0. The van der Waals surface area contributed by atoms with Crippen LogP contribution in [0.2, 0.25) is 0 Å². The predicted molar refractivity (Wildman–Crippen MR) is 90.9 cm³/mol. The Morgan fingerprint density at radius 2 is 1.90 bits per heavy atom. The number of halogens is 1. The molecule has 0 atom stereocenters. The van der Waals surface area contributed by atoms with Gasteiger partial charge in [0.25, 0.3) is 0 Å². The number of phenols is 1. The van der Waals surface area contributed by atoms with Crippen molar-refractivity contribution in [2.24, 2.45) is 0 Å². The summed E-state index contributed by atoms with van der Waals surface area (Å²) in [4.78, 5) is 12.2. The maximum absolute atomic E-state index is 12.2. The zero-order valence-corrected chi connectivity index (χ0v) is 13.5. The molecule has 0 amide bonds. The number of rotatable bonds is 2. The second-order valence-electron chi connectivity index (χ2n) is 4.96. The number of hydrogen-bond acceptors (Lipinski definition) is 3. The lowest BCUT2D eigenvalue weighted by molar-refractivity contribution is 0.469. The largest absolute Gasteiger partial charge is 0.507 e. The molecule has 3 aromatic rings. The molecule has 3 nitrogen and oxygen atoms in total. The lowest BCUT2D eigenvalue weighted by Gasteiger charge is -2.09. The molecule has 0 aliphatic heterocycles. The molecular formula is C17H13IO3. The van der Waals surface area contributed by atoms with E-state index in [9.17, 15) is 9.90 Å². The molecule has 3 rings (SSSR count). The molecule has 1 N–H and O–H groups in total. The molecule has 0 bridgehead atoms. The Kier molecular flexibility index (Phi) is 3.71. The van der Waals surface area contributed by atoms with Crippen LogP contribution in [0.4, 0.5) is 0 Å². The van der Waals surface area contributed by atoms with Crippen LogP contribution in [-0.4, -0.2) is 5.11 Å². The highest BCUT2D eigenvalue weighted by molar-refractivity contribution is 14.1. The fraction of sp³-hybridized carbons (Fsp3) is 0.118. The third-order valence-electron chi connectivity index (χ3n) is 3.58. The van der Waals surface area contributed by atoms with E-state index >= 15 is 0 Å². The van der Waals surface area contributed by atoms with E-state index in [2.05, 4.69) is 22.6 Å². The zero-order chi connectivity index (χ0) is 15.0. The Labute approximate surface area is 135 Å². The molecule has 0 saturated carbocycles. The van der Waals surface area contributed by atoms with Gasteiger partial charge in [0.05, 0.1) is 3.57 Å². The Bertz CT molecular complexity index is 867. The lowest BCUT2D eigenvalue weighted by Crippen LogP contribution is -2.11. The molecule has 0 aliphatic carbocycles. The molecule has 2 aromatic carbocycles. The van der Waals surface area contributed by atoms with Crippen molar-refractivity contribution < 1.29 is 9.52 Å². The zero-order valence-electron chi connectivity index (χ0n) is 11.4. The van der Waals surface area contributed by atoms with E-state index in [4.69, 9.17) is 4.42 Å². The lowest BCUT2D eigenvalue weighted by atomic mass is 10.00. The molecule has 0 unspecified atom stereocenters. The molecule has 21 heavy (non-hydrogen) atoms. The fourth-order valence-electron chi connectivity index (χ4n) is 2.40. The summed E-state index contributed by atoms with van der Waals surface area (Å²) in [6.45, 7) is 1.92. The summed E-state index contributed by atoms with van der Waals surface area (Å²) in [5.41, 5.74) is 2.72. The Morgan fingerprint density at radius 3 is 2.62 bits per heavy atom. The van der Waals surface area contributed by atoms with Crippen LogP contribution < -0.4 is 5.63 Å². The molecule has 4 heteroatoms. The van der Waals surface area contributed by atoms with Gasteiger partial charge in [0.2, 0.25) is 0 Å². The molecule has 1 heterocycles. The number of phenolic OH excluding ortho intramolecular Hbond substituents is 1. The summed E-state index contributed by atoms with van der Waals surface area (Å²) >= 11 is 2.06. The van der Waals surface area contributed by atoms with E-state index in [1.54, 1.807) is 0 Å². The van der Waals surface area contributed by atoms with Gasteiger partial charge in [-0.15, -0.1) is 0 Å². The van der Waals surface area contributed by atoms with Crippen molar-refractivity contribution in [3.05, 3.63) is 73.1 Å². The second kappa shape index (κ2) is 5.52. The van der Waals surface area contributed by atoms with Crippen LogP contribution in [0, 0.1) is 10.5 Å². The van der Waals surface area contributed by atoms with Gasteiger partial charge in [-0.05, 0) is 46.7 Å². The highest BCUT2D eigenvalue weighted by atomic mass is 127. The van der Waals surface area contributed by atoms with Crippen molar-refractivity contribution in [3.8, 4) is 5.75 Å². The molecule has 0 radical (unpaired) electrons. The average Bonchev–Trinajstić information content (AvgIpc) is 2.47. The molecular weight excluding hydrogens is 379 g/mol. The second-order valence-corrected chi connectivity index (χ2v) is 6.12. The number of aromatic hydroxyl groups is 1. The maximum atomic E-state index is 12.2. The number of aryl methyl sites for hydroxylation is 1. The first-order chi connectivity index (χ1) is 10.1. The van der Waals surface area contributed by atoms with Crippen molar-refractivity contribution in [2.45, 2.75) is 13.3 Å². The normalized spacial score (nSPS) is 11.0. The van der Waals surface area contributed by atoms with E-state index < -0.39 is 0 Å². The minimum atomic E-state index is -0.343. The van der Waals surface area contributed by atoms with E-state index in [1.165, 1.54) is 6.07 Å². The van der Waals surface area contributed by atoms with Crippen LogP contribution in [0.1, 0.15) is 16.7 Å². The third-order valence-corrected chi connectivity index (χ3v) is 4.44. The number of hydrogen-bond donors (Lipinski definition) is 1. The van der Waals surface area contributed by atoms with Crippen molar-refractivity contribution in [3.63, 3.8) is 0 Å². The molecule has 1 aromatic heterocycles. The van der Waals surface area contributed by atoms with Gasteiger partial charge in [-0.1, -0.05) is 30.3 Å². The molecule has 0 saturated heterocycles. The van der Waals surface area contributed by atoms with Crippen LogP contribution in [0.15, 0.2) is 51.7 Å². The number of benzene rings is 2. The summed E-state index contributed by atoms with van der Waals surface area (Å²) in [6.07, 6.45) is 0.544. The first-order valence-electron chi connectivity index (χ1n) is 6.55. The number of fused-ring (bicyclic) bond motifs is 1. The van der Waals surface area contributed by atoms with Crippen molar-refractivity contribution >= 4 is 33.6 Å². The van der Waals surface area contributed by atoms with Crippen LogP contribution in [0.25, 0.3) is 11.0 Å². The van der Waals surface area contributed by atoms with Gasteiger partial charge in [-0.3, -0.25) is 0 Å². The summed E-state index contributed by atoms with van der Waals surface area (Å²) in [6, 6.07) is 13.2. The third kappa shape index (κ3) is 2.68. The van der Waals surface area contributed by atoms with Crippen LogP contribution in [0.5, 0.6) is 5.75 Å². The van der Waals surface area contributed by atoms with Crippen molar-refractivity contribution in [1.29, 1.82) is 0 Å². The van der Waals surface area contributed by atoms with E-state index in [0.29, 0.717) is 17.6 Å². The first kappa shape index (κ1) is 14.1. The average molecular weight is 392 g/mol. The minimum absolute atomic E-state index is 0.126. The van der Waals surface area contributed by atoms with Crippen LogP contribution in [0.3, 0.4) is 0 Å². The summed E-state index contributed by atoms with van der Waals surface area (Å²) in [5, 5.41) is 10.6. The minimum Gasteiger partial charge on any atom is -0.507 e. The molecule has 0 spiro atoms. The quantitative estimate of drug-likeness (QED) is 0.530. The molecule has 106 valence electrons. The van der Waals surface area contributed by atoms with E-state index in [-0.39, 0.29) is 11.4 Å². The van der Waals surface area contributed by atoms with Crippen LogP contribution >= 0.6 is 22.6 Å². The van der Waals surface area contributed by atoms with Gasteiger partial charge >= 0.3 is 5.63 Å². The van der Waals surface area contributed by atoms with Gasteiger partial charge in [0.1, 0.15) is 11.3 Å². The topological polar surface area (TPSA) is 50.4 Å². The fourth-order valence-corrected chi connectivity index (χ4v) is 2.87. The highest BCUT2D eigenvalue weighted by Crippen LogP contribution is 2.29. The Morgan fingerprint density at radius 1 is 1.19 bits per heavy atom. The maximum Gasteiger partial charge on any atom is 0.340 e. The van der Waals surface area contributed by atoms with Gasteiger partial charge in [0, 0.05) is 23.4 Å². The summed E-state index contributed by atoms with van der Waals surface area (Å²) in [5.74, 6) is 0.126. The van der Waals surface area contributed by atoms with Gasteiger partial charge in [0.15, 0.2) is 0 Å². The first-order valence-corrected chi connectivity index (χ1v) is 7.63. The van der Waals surface area contributed by atoms with E-state index in [0.717, 1.165) is 20.1 Å². The highest BCUT2D eigenvalue weighted by Gasteiger charge is 2.13. The van der Waals surface area contributed by atoms with Crippen LogP contribution in [-0.2, 0) is 6.42 Å². The predicted octanol–water partition coefficient (Wildman–Crippen LogP) is 4.00. The smallest absolute Gasteiger partial charge is 0.340 e. The Hall–Kier alpha value is -1.82. The van der Waals surface area contributed by atoms with E-state index in [1.807, 2.05) is 43.3 Å². The van der Waals surface area contributed by atoms with Gasteiger partial charge < -0.3 is 9.52 Å². The van der Waals surface area contributed by atoms with Crippen molar-refractivity contribution in [2.75, 3.05) is 0 Å². The Balaban J connectivity index is 2.20. The molecule has 0 fully saturated rings. The SMILES string of the molecule is Cc1c(Cc2ccccc2)c(=O)oc2cc(O)c(I)cc12. The van der Waals surface area contributed by atoms with Crippen molar-refractivity contribution in [1.82, 2.24) is 0 Å². The van der Waals surface area contributed by atoms with Gasteiger partial charge in [-0.2, -0.15) is 0 Å². The molecule has 0 aliphatic rings. The standard InChI is InChI=1S/C17H13IO3/c1-10-12-8-14(18)15(19)9-16(12)21-17(20)13(10)7-11-5-3-2-4-6-11/h2-6,8-9,19H,7H2,1H3. The summed E-state index contributed by atoms with van der Waals surface area (Å²) < 4.78 is 6.10. The monoisotopic (exact) mass is 392 g/mol. The van der Waals surface area contributed by atoms with Gasteiger partial charge in [-0.25, -0.2) is 4.79 Å².